The monoisotopic (exact) mass is 364 g/mol. The summed E-state index contributed by atoms with van der Waals surface area (Å²) in [5.41, 5.74) is 0.407. The highest BCUT2D eigenvalue weighted by molar-refractivity contribution is 6.36. The molecule has 0 radical (unpaired) electrons. The Morgan fingerprint density at radius 3 is 2.67 bits per heavy atom. The van der Waals surface area contributed by atoms with Gasteiger partial charge in [-0.05, 0) is 42.0 Å². The van der Waals surface area contributed by atoms with Crippen LogP contribution in [-0.4, -0.2) is 13.0 Å². The highest BCUT2D eigenvalue weighted by atomic mass is 35.5. The average Bonchev–Trinajstić information content (AvgIpc) is 2.56. The lowest BCUT2D eigenvalue weighted by Gasteiger charge is -2.07. The minimum Gasteiger partial charge on any atom is -0.494 e. The Kier molecular flexibility index (Phi) is 5.80. The van der Waals surface area contributed by atoms with E-state index in [1.54, 1.807) is 12.1 Å². The largest absolute Gasteiger partial charge is 0.494 e. The number of carbonyl (C=O) groups is 1. The van der Waals surface area contributed by atoms with Gasteiger partial charge in [0.15, 0.2) is 11.6 Å². The first-order valence-corrected chi connectivity index (χ1v) is 7.42. The van der Waals surface area contributed by atoms with Crippen LogP contribution in [0.25, 0.3) is 6.08 Å². The molecule has 24 heavy (non-hydrogen) atoms. The number of amides is 1. The molecule has 2 rings (SSSR count). The number of halogens is 3. The predicted molar refractivity (Wildman–Crippen MR) is 91.6 cm³/mol. The van der Waals surface area contributed by atoms with Crippen LogP contribution in [0, 0.1) is 17.1 Å². The molecule has 0 aliphatic carbocycles. The van der Waals surface area contributed by atoms with Crippen molar-refractivity contribution in [1.82, 2.24) is 0 Å². The molecule has 0 fully saturated rings. The van der Waals surface area contributed by atoms with Crippen molar-refractivity contribution in [3.8, 4) is 11.8 Å². The van der Waals surface area contributed by atoms with E-state index in [4.69, 9.17) is 27.9 Å². The van der Waals surface area contributed by atoms with Crippen molar-refractivity contribution in [2.24, 2.45) is 0 Å². The van der Waals surface area contributed by atoms with Gasteiger partial charge in [0.25, 0.3) is 5.91 Å². The van der Waals surface area contributed by atoms with Crippen molar-refractivity contribution >= 4 is 40.9 Å². The summed E-state index contributed by atoms with van der Waals surface area (Å²) in [7, 11) is 1.34. The summed E-state index contributed by atoms with van der Waals surface area (Å²) in [6.45, 7) is 0. The number of hydrogen-bond acceptors (Lipinski definition) is 3. The molecular weight excluding hydrogens is 354 g/mol. The number of hydrogen-bond donors (Lipinski definition) is 1. The summed E-state index contributed by atoms with van der Waals surface area (Å²) < 4.78 is 18.5. The smallest absolute Gasteiger partial charge is 0.266 e. The maximum atomic E-state index is 13.7. The third-order valence-corrected chi connectivity index (χ3v) is 3.59. The molecule has 4 nitrogen and oxygen atoms in total. The van der Waals surface area contributed by atoms with Crippen LogP contribution < -0.4 is 10.1 Å². The van der Waals surface area contributed by atoms with Crippen LogP contribution in [-0.2, 0) is 4.79 Å². The molecule has 0 spiro atoms. The first-order valence-electron chi connectivity index (χ1n) is 6.66. The molecule has 1 N–H and O–H groups in total. The molecule has 0 unspecified atom stereocenters. The fraction of sp³-hybridized carbons (Fsp3) is 0.0588. The topological polar surface area (TPSA) is 62.1 Å². The minimum atomic E-state index is -0.683. The van der Waals surface area contributed by atoms with Gasteiger partial charge >= 0.3 is 0 Å². The van der Waals surface area contributed by atoms with E-state index in [0.29, 0.717) is 10.6 Å². The average molecular weight is 365 g/mol. The van der Waals surface area contributed by atoms with E-state index >= 15 is 0 Å². The zero-order chi connectivity index (χ0) is 17.7. The normalized spacial score (nSPS) is 10.9. The number of nitriles is 1. The molecule has 0 aromatic heterocycles. The van der Waals surface area contributed by atoms with Gasteiger partial charge in [-0.2, -0.15) is 5.26 Å². The lowest BCUT2D eigenvalue weighted by molar-refractivity contribution is -0.112. The minimum absolute atomic E-state index is 0.0702. The second-order valence-electron chi connectivity index (χ2n) is 4.64. The fourth-order valence-electron chi connectivity index (χ4n) is 1.87. The third-order valence-electron chi connectivity index (χ3n) is 3.03. The van der Waals surface area contributed by atoms with Crippen LogP contribution in [0.5, 0.6) is 5.75 Å². The van der Waals surface area contributed by atoms with E-state index < -0.39 is 11.7 Å². The van der Waals surface area contributed by atoms with Crippen LogP contribution in [0.4, 0.5) is 10.1 Å². The molecule has 0 aliphatic heterocycles. The Balaban J connectivity index is 2.27. The van der Waals surface area contributed by atoms with E-state index in [-0.39, 0.29) is 22.0 Å². The van der Waals surface area contributed by atoms with Gasteiger partial charge in [-0.1, -0.05) is 29.3 Å². The number of anilines is 1. The van der Waals surface area contributed by atoms with E-state index in [1.807, 2.05) is 0 Å². The Labute approximate surface area is 148 Å². The summed E-state index contributed by atoms with van der Waals surface area (Å²) in [5, 5.41) is 12.3. The van der Waals surface area contributed by atoms with E-state index in [2.05, 4.69) is 5.32 Å². The highest BCUT2D eigenvalue weighted by Crippen LogP contribution is 2.26. The Morgan fingerprint density at radius 1 is 1.29 bits per heavy atom. The molecule has 0 saturated carbocycles. The zero-order valence-electron chi connectivity index (χ0n) is 12.4. The molecule has 7 heteroatoms. The Bertz CT molecular complexity index is 860. The molecule has 0 saturated heterocycles. The highest BCUT2D eigenvalue weighted by Gasteiger charge is 2.12. The van der Waals surface area contributed by atoms with Crippen molar-refractivity contribution in [1.29, 1.82) is 5.26 Å². The molecule has 0 heterocycles. The maximum absolute atomic E-state index is 13.7. The Morgan fingerprint density at radius 2 is 2.04 bits per heavy atom. The molecule has 1 amide bonds. The number of nitrogens with zero attached hydrogens (tertiary/aromatic N) is 1. The molecule has 122 valence electrons. The number of rotatable bonds is 4. The van der Waals surface area contributed by atoms with Gasteiger partial charge in [0.2, 0.25) is 0 Å². The molecule has 2 aromatic carbocycles. The second-order valence-corrected chi connectivity index (χ2v) is 5.49. The van der Waals surface area contributed by atoms with Crippen LogP contribution in [0.1, 0.15) is 5.56 Å². The molecule has 0 aliphatic rings. The van der Waals surface area contributed by atoms with Gasteiger partial charge in [0, 0.05) is 5.02 Å². The van der Waals surface area contributed by atoms with Crippen molar-refractivity contribution in [3.05, 3.63) is 63.4 Å². The second kappa shape index (κ2) is 7.82. The number of benzene rings is 2. The van der Waals surface area contributed by atoms with Gasteiger partial charge in [-0.3, -0.25) is 4.79 Å². The zero-order valence-corrected chi connectivity index (χ0v) is 14.0. The predicted octanol–water partition coefficient (Wildman–Crippen LogP) is 4.69. The third kappa shape index (κ3) is 4.25. The quantitative estimate of drug-likeness (QED) is 0.632. The van der Waals surface area contributed by atoms with Crippen molar-refractivity contribution in [3.63, 3.8) is 0 Å². The fourth-order valence-corrected chi connectivity index (χ4v) is 2.21. The summed E-state index contributed by atoms with van der Waals surface area (Å²) in [6.07, 6.45) is 1.26. The maximum Gasteiger partial charge on any atom is 0.266 e. The molecule has 2 aromatic rings. The standard InChI is InChI=1S/C17H11Cl2FN2O2/c1-24-16-5-2-10(7-14(16)20)6-11(9-21)17(23)22-15-8-12(18)3-4-13(15)19/h2-8H,1H3,(H,22,23). The Hall–Kier alpha value is -2.55. The molecule has 0 atom stereocenters. The SMILES string of the molecule is COc1ccc(C=C(C#N)C(=O)Nc2cc(Cl)ccc2Cl)cc1F. The summed E-state index contributed by atoms with van der Waals surface area (Å²) >= 11 is 11.8. The van der Waals surface area contributed by atoms with E-state index in [1.165, 1.54) is 37.5 Å². The van der Waals surface area contributed by atoms with Crippen LogP contribution >= 0.6 is 23.2 Å². The summed E-state index contributed by atoms with van der Waals surface area (Å²) in [4.78, 5) is 12.2. The molecular formula is C17H11Cl2FN2O2. The van der Waals surface area contributed by atoms with Gasteiger partial charge in [0.05, 0.1) is 17.8 Å². The molecule has 0 bridgehead atoms. The number of methoxy groups -OCH3 is 1. The lowest BCUT2D eigenvalue weighted by Crippen LogP contribution is -2.13. The van der Waals surface area contributed by atoms with Gasteiger partial charge < -0.3 is 10.1 Å². The van der Waals surface area contributed by atoms with E-state index in [0.717, 1.165) is 6.07 Å². The number of carbonyl (C=O) groups excluding carboxylic acids is 1. The summed E-state index contributed by atoms with van der Waals surface area (Å²) in [6, 6.07) is 10.4. The van der Waals surface area contributed by atoms with Crippen molar-refractivity contribution < 1.29 is 13.9 Å². The van der Waals surface area contributed by atoms with E-state index in [9.17, 15) is 14.4 Å². The first kappa shape index (κ1) is 17.8. The van der Waals surface area contributed by atoms with Gasteiger partial charge in [-0.25, -0.2) is 4.39 Å². The van der Waals surface area contributed by atoms with Crippen LogP contribution in [0.15, 0.2) is 42.0 Å². The lowest BCUT2D eigenvalue weighted by atomic mass is 10.1. The van der Waals surface area contributed by atoms with Crippen molar-refractivity contribution in [2.75, 3.05) is 12.4 Å². The van der Waals surface area contributed by atoms with Crippen molar-refractivity contribution in [2.45, 2.75) is 0 Å². The van der Waals surface area contributed by atoms with Crippen LogP contribution in [0.2, 0.25) is 10.0 Å². The summed E-state index contributed by atoms with van der Waals surface area (Å²) in [5.74, 6) is -1.21. The van der Waals surface area contributed by atoms with Gasteiger partial charge in [0.1, 0.15) is 11.6 Å². The number of ether oxygens (including phenoxy) is 1. The van der Waals surface area contributed by atoms with Crippen LogP contribution in [0.3, 0.4) is 0 Å². The van der Waals surface area contributed by atoms with Gasteiger partial charge in [-0.15, -0.1) is 0 Å². The number of nitrogens with one attached hydrogen (secondary N) is 1. The first-order chi connectivity index (χ1) is 11.4.